The number of nitrogens with zero attached hydrogens (tertiary/aromatic N) is 1. The minimum absolute atomic E-state index is 0. The molecule has 0 saturated heterocycles. The van der Waals surface area contributed by atoms with Crippen LogP contribution < -0.4 is 16.0 Å². The van der Waals surface area contributed by atoms with E-state index in [9.17, 15) is 9.18 Å². The predicted octanol–water partition coefficient (Wildman–Crippen LogP) is 1.71. The number of guanidine groups is 1. The minimum Gasteiger partial charge on any atom is -0.382 e. The second-order valence-electron chi connectivity index (χ2n) is 5.80. The molecule has 1 aromatic rings. The summed E-state index contributed by atoms with van der Waals surface area (Å²) in [7, 11) is 1.64. The number of hydrogen-bond donors (Lipinski definition) is 3. The summed E-state index contributed by atoms with van der Waals surface area (Å²) in [6.45, 7) is 6.22. The highest BCUT2D eigenvalue weighted by atomic mass is 127. The van der Waals surface area contributed by atoms with Crippen LogP contribution in [-0.4, -0.2) is 65.0 Å². The van der Waals surface area contributed by atoms with Gasteiger partial charge in [0.2, 0.25) is 5.91 Å². The fraction of sp³-hybridized carbons (Fsp3) is 0.579. The summed E-state index contributed by atoms with van der Waals surface area (Å²) in [6, 6.07) is 6.06. The number of rotatable bonds is 13. The third-order valence-corrected chi connectivity index (χ3v) is 3.49. The SMILES string of the molecule is CCNC(=NCCCOCCOC)NCCNC(=O)Cc1cccc(F)c1.I. The fourth-order valence-corrected chi connectivity index (χ4v) is 2.22. The summed E-state index contributed by atoms with van der Waals surface area (Å²) in [5.74, 6) is 0.226. The summed E-state index contributed by atoms with van der Waals surface area (Å²) < 4.78 is 23.4. The number of carbonyl (C=O) groups is 1. The Morgan fingerprint density at radius 1 is 1.14 bits per heavy atom. The van der Waals surface area contributed by atoms with Crippen LogP contribution in [0.5, 0.6) is 0 Å². The number of halogens is 2. The van der Waals surface area contributed by atoms with E-state index in [1.165, 1.54) is 12.1 Å². The standard InChI is InChI=1S/C19H31FN4O3.HI/c1-3-21-19(23-8-5-11-27-13-12-26-2)24-10-9-22-18(25)15-16-6-4-7-17(20)14-16;/h4,6-7,14H,3,5,8-13,15H2,1-2H3,(H,22,25)(H2,21,23,24);1H. The lowest BCUT2D eigenvalue weighted by Crippen LogP contribution is -2.41. The molecular weight excluding hydrogens is 478 g/mol. The lowest BCUT2D eigenvalue weighted by atomic mass is 10.1. The van der Waals surface area contributed by atoms with E-state index in [4.69, 9.17) is 9.47 Å². The number of amides is 1. The van der Waals surface area contributed by atoms with Gasteiger partial charge in [-0.3, -0.25) is 9.79 Å². The molecule has 0 aliphatic heterocycles. The van der Waals surface area contributed by atoms with Crippen LogP contribution in [0.25, 0.3) is 0 Å². The van der Waals surface area contributed by atoms with Crippen LogP contribution >= 0.6 is 24.0 Å². The molecule has 0 spiro atoms. The van der Waals surface area contributed by atoms with Crippen molar-refractivity contribution in [3.05, 3.63) is 35.6 Å². The van der Waals surface area contributed by atoms with Crippen molar-refractivity contribution in [3.63, 3.8) is 0 Å². The smallest absolute Gasteiger partial charge is 0.224 e. The highest BCUT2D eigenvalue weighted by molar-refractivity contribution is 14.0. The molecule has 9 heteroatoms. The predicted molar refractivity (Wildman–Crippen MR) is 120 cm³/mol. The number of hydrogen-bond acceptors (Lipinski definition) is 4. The Morgan fingerprint density at radius 3 is 2.64 bits per heavy atom. The molecule has 0 atom stereocenters. The minimum atomic E-state index is -0.336. The second-order valence-corrected chi connectivity index (χ2v) is 5.80. The number of ether oxygens (including phenoxy) is 2. The van der Waals surface area contributed by atoms with Crippen molar-refractivity contribution in [2.45, 2.75) is 19.8 Å². The Labute approximate surface area is 183 Å². The molecule has 28 heavy (non-hydrogen) atoms. The summed E-state index contributed by atoms with van der Waals surface area (Å²) in [6.07, 6.45) is 0.986. The number of aliphatic imine (C=N–C) groups is 1. The molecular formula is C19H32FIN4O3. The van der Waals surface area contributed by atoms with Crippen molar-refractivity contribution in [2.75, 3.05) is 53.1 Å². The molecule has 0 unspecified atom stereocenters. The van der Waals surface area contributed by atoms with Crippen LogP contribution in [0.2, 0.25) is 0 Å². The molecule has 160 valence electrons. The molecule has 0 saturated carbocycles. The number of methoxy groups -OCH3 is 1. The van der Waals surface area contributed by atoms with Gasteiger partial charge in [0.05, 0.1) is 19.6 Å². The van der Waals surface area contributed by atoms with Crippen LogP contribution in [0, 0.1) is 5.82 Å². The molecule has 0 radical (unpaired) electrons. The maximum Gasteiger partial charge on any atom is 0.224 e. The summed E-state index contributed by atoms with van der Waals surface area (Å²) >= 11 is 0. The van der Waals surface area contributed by atoms with Crippen LogP contribution in [0.15, 0.2) is 29.3 Å². The van der Waals surface area contributed by atoms with E-state index in [1.807, 2.05) is 6.92 Å². The monoisotopic (exact) mass is 510 g/mol. The first-order chi connectivity index (χ1) is 13.2. The Hall–Kier alpha value is -1.46. The van der Waals surface area contributed by atoms with Crippen LogP contribution in [0.1, 0.15) is 18.9 Å². The van der Waals surface area contributed by atoms with Crippen LogP contribution in [-0.2, 0) is 20.7 Å². The average molecular weight is 510 g/mol. The zero-order valence-corrected chi connectivity index (χ0v) is 19.0. The molecule has 3 N–H and O–H groups in total. The second kappa shape index (κ2) is 17.6. The first-order valence-electron chi connectivity index (χ1n) is 9.25. The van der Waals surface area contributed by atoms with Gasteiger partial charge in [-0.05, 0) is 31.0 Å². The Balaban J connectivity index is 0.00000729. The average Bonchev–Trinajstić information content (AvgIpc) is 2.64. The topological polar surface area (TPSA) is 84.0 Å². The van der Waals surface area contributed by atoms with E-state index in [0.717, 1.165) is 13.0 Å². The van der Waals surface area contributed by atoms with E-state index in [1.54, 1.807) is 19.2 Å². The van der Waals surface area contributed by atoms with Crippen molar-refractivity contribution in [2.24, 2.45) is 4.99 Å². The molecule has 0 heterocycles. The quantitative estimate of drug-likeness (QED) is 0.163. The van der Waals surface area contributed by atoms with Crippen molar-refractivity contribution < 1.29 is 18.7 Å². The largest absolute Gasteiger partial charge is 0.382 e. The Kier molecular flexibility index (Phi) is 16.7. The summed E-state index contributed by atoms with van der Waals surface area (Å²) in [5, 5.41) is 9.12. The van der Waals surface area contributed by atoms with E-state index in [-0.39, 0.29) is 42.1 Å². The molecule has 1 aromatic carbocycles. The van der Waals surface area contributed by atoms with Crippen molar-refractivity contribution in [3.8, 4) is 0 Å². The first-order valence-corrected chi connectivity index (χ1v) is 9.25. The van der Waals surface area contributed by atoms with Gasteiger partial charge in [0.1, 0.15) is 5.82 Å². The van der Waals surface area contributed by atoms with Gasteiger partial charge in [-0.25, -0.2) is 4.39 Å². The van der Waals surface area contributed by atoms with Gasteiger partial charge in [-0.1, -0.05) is 12.1 Å². The fourth-order valence-electron chi connectivity index (χ4n) is 2.22. The van der Waals surface area contributed by atoms with E-state index >= 15 is 0 Å². The van der Waals surface area contributed by atoms with Crippen LogP contribution in [0.4, 0.5) is 4.39 Å². The third-order valence-electron chi connectivity index (χ3n) is 3.49. The molecule has 0 aliphatic carbocycles. The van der Waals surface area contributed by atoms with E-state index in [2.05, 4.69) is 20.9 Å². The summed E-state index contributed by atoms with van der Waals surface area (Å²) in [5.41, 5.74) is 0.656. The first kappa shape index (κ1) is 26.5. The normalized spacial score (nSPS) is 10.9. The Morgan fingerprint density at radius 2 is 1.93 bits per heavy atom. The number of carbonyl (C=O) groups excluding carboxylic acids is 1. The maximum atomic E-state index is 13.1. The highest BCUT2D eigenvalue weighted by Gasteiger charge is 2.04. The van der Waals surface area contributed by atoms with Crippen molar-refractivity contribution >= 4 is 35.8 Å². The molecule has 0 aromatic heterocycles. The lowest BCUT2D eigenvalue weighted by Gasteiger charge is -2.12. The summed E-state index contributed by atoms with van der Waals surface area (Å²) in [4.78, 5) is 16.3. The van der Waals surface area contributed by atoms with Gasteiger partial charge in [-0.2, -0.15) is 0 Å². The van der Waals surface area contributed by atoms with Gasteiger partial charge in [-0.15, -0.1) is 24.0 Å². The van der Waals surface area contributed by atoms with E-state index < -0.39 is 0 Å². The molecule has 0 fully saturated rings. The molecule has 1 amide bonds. The van der Waals surface area contributed by atoms with Gasteiger partial charge in [0.15, 0.2) is 5.96 Å². The van der Waals surface area contributed by atoms with Gasteiger partial charge in [0, 0.05) is 39.9 Å². The van der Waals surface area contributed by atoms with Crippen molar-refractivity contribution in [1.82, 2.24) is 16.0 Å². The van der Waals surface area contributed by atoms with Gasteiger partial charge < -0.3 is 25.4 Å². The van der Waals surface area contributed by atoms with E-state index in [0.29, 0.717) is 51.0 Å². The molecule has 0 aliphatic rings. The Bertz CT molecular complexity index is 576. The number of benzene rings is 1. The van der Waals surface area contributed by atoms with Gasteiger partial charge in [0.25, 0.3) is 0 Å². The molecule has 1 rings (SSSR count). The zero-order chi connectivity index (χ0) is 19.7. The zero-order valence-electron chi connectivity index (χ0n) is 16.6. The van der Waals surface area contributed by atoms with Crippen molar-refractivity contribution in [1.29, 1.82) is 0 Å². The highest BCUT2D eigenvalue weighted by Crippen LogP contribution is 2.03. The van der Waals surface area contributed by atoms with Gasteiger partial charge >= 0.3 is 0 Å². The maximum absolute atomic E-state index is 13.1. The number of nitrogens with one attached hydrogen (secondary N) is 3. The van der Waals surface area contributed by atoms with Crippen LogP contribution in [0.3, 0.4) is 0 Å². The molecule has 0 bridgehead atoms. The third kappa shape index (κ3) is 13.7. The lowest BCUT2D eigenvalue weighted by molar-refractivity contribution is -0.120. The molecule has 7 nitrogen and oxygen atoms in total.